The first kappa shape index (κ1) is 7.22. The Morgan fingerprint density at radius 3 is 2.83 bits per heavy atom. The number of hydrogen-bond donors (Lipinski definition) is 0. The summed E-state index contributed by atoms with van der Waals surface area (Å²) in [4.78, 5) is 0. The zero-order chi connectivity index (χ0) is 8.55. The van der Waals surface area contributed by atoms with E-state index < -0.39 is 0 Å². The third-order valence-corrected chi connectivity index (χ3v) is 1.98. The quantitative estimate of drug-likeness (QED) is 0.643. The molecule has 2 aromatic rings. The van der Waals surface area contributed by atoms with Gasteiger partial charge in [-0.1, -0.05) is 12.1 Å². The highest BCUT2D eigenvalue weighted by molar-refractivity contribution is 5.84. The molecule has 0 atom stereocenters. The van der Waals surface area contributed by atoms with E-state index in [1.807, 2.05) is 25.1 Å². The summed E-state index contributed by atoms with van der Waals surface area (Å²) in [5.74, 6) is 0.831. The maximum Gasteiger partial charge on any atom is 0.175 e. The van der Waals surface area contributed by atoms with E-state index in [0.29, 0.717) is 0 Å². The molecule has 2 rings (SSSR count). The van der Waals surface area contributed by atoms with Crippen LogP contribution in [0.5, 0.6) is 5.75 Å². The van der Waals surface area contributed by atoms with Gasteiger partial charge in [-0.3, -0.25) is 0 Å². The monoisotopic (exact) mass is 162 g/mol. The fourth-order valence-corrected chi connectivity index (χ4v) is 1.36. The molecule has 0 aliphatic rings. The molecule has 1 heterocycles. The molecule has 0 aliphatic carbocycles. The van der Waals surface area contributed by atoms with Gasteiger partial charge in [0.2, 0.25) is 0 Å². The van der Waals surface area contributed by atoms with Crippen LogP contribution in [-0.4, -0.2) is 7.11 Å². The molecule has 0 radical (unpaired) electrons. The highest BCUT2D eigenvalue weighted by atomic mass is 16.5. The van der Waals surface area contributed by atoms with Gasteiger partial charge >= 0.3 is 0 Å². The predicted octanol–water partition coefficient (Wildman–Crippen LogP) is 2.75. The molecule has 1 aromatic heterocycles. The summed E-state index contributed by atoms with van der Waals surface area (Å²) < 4.78 is 10.5. The number of benzene rings is 1. The Balaban J connectivity index is 2.83. The van der Waals surface area contributed by atoms with Crippen LogP contribution in [0.2, 0.25) is 0 Å². The van der Waals surface area contributed by atoms with Crippen molar-refractivity contribution in [3.63, 3.8) is 0 Å². The number of methoxy groups -OCH3 is 1. The van der Waals surface area contributed by atoms with Crippen LogP contribution < -0.4 is 4.74 Å². The molecule has 0 saturated carbocycles. The molecule has 1 aromatic carbocycles. The van der Waals surface area contributed by atoms with Crippen molar-refractivity contribution in [1.82, 2.24) is 0 Å². The summed E-state index contributed by atoms with van der Waals surface area (Å²) in [6.07, 6.45) is 1.67. The topological polar surface area (TPSA) is 22.4 Å². The van der Waals surface area contributed by atoms with Gasteiger partial charge < -0.3 is 9.15 Å². The lowest BCUT2D eigenvalue weighted by atomic mass is 10.2. The van der Waals surface area contributed by atoms with E-state index in [9.17, 15) is 0 Å². The van der Waals surface area contributed by atoms with E-state index in [1.165, 1.54) is 0 Å². The summed E-state index contributed by atoms with van der Waals surface area (Å²) in [5, 5.41) is 1.08. The van der Waals surface area contributed by atoms with Crippen LogP contribution in [0.3, 0.4) is 0 Å². The summed E-state index contributed by atoms with van der Waals surface area (Å²) in [5.41, 5.74) is 1.93. The minimum atomic E-state index is 0.831. The number of aryl methyl sites for hydroxylation is 1. The summed E-state index contributed by atoms with van der Waals surface area (Å²) in [6.45, 7) is 2.00. The van der Waals surface area contributed by atoms with Crippen molar-refractivity contribution in [1.29, 1.82) is 0 Å². The average molecular weight is 162 g/mol. The van der Waals surface area contributed by atoms with E-state index in [4.69, 9.17) is 9.15 Å². The molecular weight excluding hydrogens is 152 g/mol. The second-order valence-corrected chi connectivity index (χ2v) is 2.75. The van der Waals surface area contributed by atoms with Gasteiger partial charge in [-0.15, -0.1) is 0 Å². The minimum absolute atomic E-state index is 0.831. The standard InChI is InChI=1S/C10H10O2/c1-7-3-4-8-5-6-12-10(8)9(7)11-2/h3-6H,1-2H3. The van der Waals surface area contributed by atoms with Crippen LogP contribution in [0.25, 0.3) is 11.0 Å². The fraction of sp³-hybridized carbons (Fsp3) is 0.200. The first-order chi connectivity index (χ1) is 5.83. The summed E-state index contributed by atoms with van der Waals surface area (Å²) in [6, 6.07) is 5.98. The van der Waals surface area contributed by atoms with Gasteiger partial charge in [-0.2, -0.15) is 0 Å². The van der Waals surface area contributed by atoms with E-state index in [1.54, 1.807) is 13.4 Å². The maximum atomic E-state index is 5.30. The van der Waals surface area contributed by atoms with Gasteiger partial charge in [0.15, 0.2) is 11.3 Å². The largest absolute Gasteiger partial charge is 0.493 e. The zero-order valence-corrected chi connectivity index (χ0v) is 7.13. The highest BCUT2D eigenvalue weighted by Crippen LogP contribution is 2.29. The number of ether oxygens (including phenoxy) is 1. The van der Waals surface area contributed by atoms with Gasteiger partial charge in [0.05, 0.1) is 13.4 Å². The Kier molecular flexibility index (Phi) is 1.54. The second-order valence-electron chi connectivity index (χ2n) is 2.75. The van der Waals surface area contributed by atoms with Crippen LogP contribution in [0.4, 0.5) is 0 Å². The number of hydrogen-bond acceptors (Lipinski definition) is 2. The van der Waals surface area contributed by atoms with Crippen molar-refractivity contribution in [2.75, 3.05) is 7.11 Å². The molecule has 0 N–H and O–H groups in total. The van der Waals surface area contributed by atoms with Crippen molar-refractivity contribution < 1.29 is 9.15 Å². The molecule has 12 heavy (non-hydrogen) atoms. The lowest BCUT2D eigenvalue weighted by Gasteiger charge is -2.03. The number of rotatable bonds is 1. The van der Waals surface area contributed by atoms with Crippen molar-refractivity contribution in [2.24, 2.45) is 0 Å². The minimum Gasteiger partial charge on any atom is -0.493 e. The molecule has 0 fully saturated rings. The first-order valence-corrected chi connectivity index (χ1v) is 3.83. The first-order valence-electron chi connectivity index (χ1n) is 3.83. The molecule has 0 unspecified atom stereocenters. The molecule has 62 valence electrons. The van der Waals surface area contributed by atoms with Crippen LogP contribution in [-0.2, 0) is 0 Å². The van der Waals surface area contributed by atoms with Crippen LogP contribution in [0.1, 0.15) is 5.56 Å². The van der Waals surface area contributed by atoms with E-state index in [0.717, 1.165) is 22.3 Å². The van der Waals surface area contributed by atoms with Crippen molar-refractivity contribution in [2.45, 2.75) is 6.92 Å². The number of furan rings is 1. The third-order valence-electron chi connectivity index (χ3n) is 1.98. The molecule has 2 heteroatoms. The Bertz CT molecular complexity index is 401. The Morgan fingerprint density at radius 2 is 2.08 bits per heavy atom. The maximum absolute atomic E-state index is 5.30. The van der Waals surface area contributed by atoms with E-state index in [-0.39, 0.29) is 0 Å². The Labute approximate surface area is 70.8 Å². The SMILES string of the molecule is COc1c(C)ccc2ccoc12. The van der Waals surface area contributed by atoms with Gasteiger partial charge in [0.25, 0.3) is 0 Å². The fourth-order valence-electron chi connectivity index (χ4n) is 1.36. The summed E-state index contributed by atoms with van der Waals surface area (Å²) >= 11 is 0. The zero-order valence-electron chi connectivity index (χ0n) is 7.13. The third kappa shape index (κ3) is 0.881. The van der Waals surface area contributed by atoms with Gasteiger partial charge in [-0.25, -0.2) is 0 Å². The van der Waals surface area contributed by atoms with Gasteiger partial charge in [-0.05, 0) is 18.6 Å². The second kappa shape index (κ2) is 2.55. The molecule has 0 saturated heterocycles. The Hall–Kier alpha value is -1.44. The lowest BCUT2D eigenvalue weighted by Crippen LogP contribution is -1.86. The van der Waals surface area contributed by atoms with Crippen LogP contribution >= 0.6 is 0 Å². The summed E-state index contributed by atoms with van der Waals surface area (Å²) in [7, 11) is 1.66. The molecule has 2 nitrogen and oxygen atoms in total. The molecule has 0 amide bonds. The normalized spacial score (nSPS) is 10.5. The van der Waals surface area contributed by atoms with Gasteiger partial charge in [0.1, 0.15) is 0 Å². The average Bonchev–Trinajstić information content (AvgIpc) is 2.52. The molecule has 0 bridgehead atoms. The molecule has 0 spiro atoms. The van der Waals surface area contributed by atoms with E-state index >= 15 is 0 Å². The van der Waals surface area contributed by atoms with Gasteiger partial charge in [0, 0.05) is 5.39 Å². The lowest BCUT2D eigenvalue weighted by molar-refractivity contribution is 0.407. The van der Waals surface area contributed by atoms with Crippen molar-refractivity contribution in [3.8, 4) is 5.75 Å². The van der Waals surface area contributed by atoms with Crippen molar-refractivity contribution >= 4 is 11.0 Å². The van der Waals surface area contributed by atoms with Crippen LogP contribution in [0, 0.1) is 6.92 Å². The highest BCUT2D eigenvalue weighted by Gasteiger charge is 2.06. The van der Waals surface area contributed by atoms with Crippen molar-refractivity contribution in [3.05, 3.63) is 30.0 Å². The molecule has 0 aliphatic heterocycles. The molecular formula is C10H10O2. The predicted molar refractivity (Wildman–Crippen MR) is 47.5 cm³/mol. The van der Waals surface area contributed by atoms with Crippen LogP contribution in [0.15, 0.2) is 28.9 Å². The smallest absolute Gasteiger partial charge is 0.175 e. The number of fused-ring (bicyclic) bond motifs is 1. The van der Waals surface area contributed by atoms with E-state index in [2.05, 4.69) is 0 Å². The Morgan fingerprint density at radius 1 is 1.25 bits per heavy atom.